The number of hydrogen-bond acceptors (Lipinski definition) is 3. The summed E-state index contributed by atoms with van der Waals surface area (Å²) in [6.07, 6.45) is 2.95. The Morgan fingerprint density at radius 1 is 1.20 bits per heavy atom. The third-order valence-electron chi connectivity index (χ3n) is 4.21. The molecule has 0 radical (unpaired) electrons. The van der Waals surface area contributed by atoms with E-state index in [2.05, 4.69) is 37.9 Å². The highest BCUT2D eigenvalue weighted by Crippen LogP contribution is 2.19. The topological polar surface area (TPSA) is 41.6 Å². The Kier molecular flexibility index (Phi) is 8.15. The molecule has 0 aromatic heterocycles. The van der Waals surface area contributed by atoms with E-state index in [-0.39, 0.29) is 5.91 Å². The van der Waals surface area contributed by atoms with Gasteiger partial charge in [-0.15, -0.1) is 0 Å². The van der Waals surface area contributed by atoms with Crippen LogP contribution in [0.5, 0.6) is 0 Å². The van der Waals surface area contributed by atoms with Crippen LogP contribution in [0, 0.1) is 11.8 Å². The van der Waals surface area contributed by atoms with Crippen LogP contribution in [0.4, 0.5) is 0 Å². The first-order chi connectivity index (χ1) is 9.58. The molecule has 1 heterocycles. The van der Waals surface area contributed by atoms with Gasteiger partial charge in [0, 0.05) is 32.1 Å². The van der Waals surface area contributed by atoms with Crippen molar-refractivity contribution in [1.82, 2.24) is 10.2 Å². The number of carbonyl (C=O) groups is 1. The molecule has 1 aliphatic heterocycles. The van der Waals surface area contributed by atoms with E-state index in [0.717, 1.165) is 32.8 Å². The molecule has 0 aromatic rings. The minimum Gasteiger partial charge on any atom is -0.379 e. The number of nitrogens with zero attached hydrogens (tertiary/aromatic N) is 1. The molecule has 1 aliphatic rings. The summed E-state index contributed by atoms with van der Waals surface area (Å²) in [6, 6.07) is 0.449. The first kappa shape index (κ1) is 17.4. The van der Waals surface area contributed by atoms with Crippen molar-refractivity contribution in [2.45, 2.75) is 53.0 Å². The van der Waals surface area contributed by atoms with Gasteiger partial charge in [0.15, 0.2) is 0 Å². The molecule has 118 valence electrons. The summed E-state index contributed by atoms with van der Waals surface area (Å²) in [5.74, 6) is 1.25. The highest BCUT2D eigenvalue weighted by Gasteiger charge is 2.27. The van der Waals surface area contributed by atoms with Gasteiger partial charge in [0.25, 0.3) is 0 Å². The molecule has 1 rings (SSSR count). The highest BCUT2D eigenvalue weighted by atomic mass is 16.5. The molecular weight excluding hydrogens is 252 g/mol. The first-order valence-electron chi connectivity index (χ1n) is 8.16. The standard InChI is InChI=1S/C16H32N2O2/c1-5-14(6-2)15(18-7-9-20-10-8-18)12-17-16(19)11-13(3)4/h13-15H,5-12H2,1-4H3,(H,17,19). The average Bonchev–Trinajstić information content (AvgIpc) is 2.43. The Hall–Kier alpha value is -0.610. The third kappa shape index (κ3) is 5.80. The molecule has 4 nitrogen and oxygen atoms in total. The van der Waals surface area contributed by atoms with Gasteiger partial charge in [0.05, 0.1) is 13.2 Å². The summed E-state index contributed by atoms with van der Waals surface area (Å²) >= 11 is 0. The SMILES string of the molecule is CCC(CC)C(CNC(=O)CC(C)C)N1CCOCC1. The van der Waals surface area contributed by atoms with E-state index in [0.29, 0.717) is 24.3 Å². The van der Waals surface area contributed by atoms with Gasteiger partial charge in [-0.2, -0.15) is 0 Å². The molecule has 20 heavy (non-hydrogen) atoms. The first-order valence-corrected chi connectivity index (χ1v) is 8.16. The van der Waals surface area contributed by atoms with Crippen LogP contribution >= 0.6 is 0 Å². The summed E-state index contributed by atoms with van der Waals surface area (Å²) in [5, 5.41) is 3.14. The molecule has 1 saturated heterocycles. The van der Waals surface area contributed by atoms with Gasteiger partial charge in [0.1, 0.15) is 0 Å². The molecule has 0 aromatic carbocycles. The number of carbonyl (C=O) groups excluding carboxylic acids is 1. The quantitative estimate of drug-likeness (QED) is 0.743. The van der Waals surface area contributed by atoms with E-state index >= 15 is 0 Å². The Bertz CT molecular complexity index is 272. The van der Waals surface area contributed by atoms with Crippen LogP contribution in [0.2, 0.25) is 0 Å². The number of nitrogens with one attached hydrogen (secondary N) is 1. The number of amides is 1. The van der Waals surface area contributed by atoms with Crippen LogP contribution in [0.3, 0.4) is 0 Å². The van der Waals surface area contributed by atoms with Gasteiger partial charge in [-0.1, -0.05) is 40.5 Å². The van der Waals surface area contributed by atoms with Crippen LogP contribution < -0.4 is 5.32 Å². The summed E-state index contributed by atoms with van der Waals surface area (Å²) in [5.41, 5.74) is 0. The third-order valence-corrected chi connectivity index (χ3v) is 4.21. The number of rotatable bonds is 8. The van der Waals surface area contributed by atoms with Gasteiger partial charge < -0.3 is 10.1 Å². The highest BCUT2D eigenvalue weighted by molar-refractivity contribution is 5.76. The van der Waals surface area contributed by atoms with Crippen molar-refractivity contribution in [3.63, 3.8) is 0 Å². The lowest BCUT2D eigenvalue weighted by Gasteiger charge is -2.38. The molecule has 1 atom stereocenters. The molecule has 0 bridgehead atoms. The molecule has 1 N–H and O–H groups in total. The van der Waals surface area contributed by atoms with Crippen molar-refractivity contribution in [3.8, 4) is 0 Å². The molecule has 1 amide bonds. The van der Waals surface area contributed by atoms with Crippen molar-refractivity contribution >= 4 is 5.91 Å². The fourth-order valence-electron chi connectivity index (χ4n) is 3.00. The molecule has 4 heteroatoms. The minimum atomic E-state index is 0.184. The van der Waals surface area contributed by atoms with Crippen molar-refractivity contribution in [3.05, 3.63) is 0 Å². The molecular formula is C16H32N2O2. The van der Waals surface area contributed by atoms with Crippen LogP contribution in [-0.4, -0.2) is 49.7 Å². The normalized spacial score (nSPS) is 18.5. The van der Waals surface area contributed by atoms with Crippen molar-refractivity contribution in [1.29, 1.82) is 0 Å². The van der Waals surface area contributed by atoms with E-state index in [1.165, 1.54) is 12.8 Å². The molecule has 1 fully saturated rings. The Balaban J connectivity index is 2.55. The van der Waals surface area contributed by atoms with Crippen molar-refractivity contribution < 1.29 is 9.53 Å². The molecule has 0 saturated carbocycles. The van der Waals surface area contributed by atoms with E-state index < -0.39 is 0 Å². The maximum Gasteiger partial charge on any atom is 0.220 e. The lowest BCUT2D eigenvalue weighted by atomic mass is 9.92. The Morgan fingerprint density at radius 2 is 1.80 bits per heavy atom. The zero-order chi connectivity index (χ0) is 15.0. The second-order valence-electron chi connectivity index (χ2n) is 6.19. The van der Waals surface area contributed by atoms with Gasteiger partial charge in [-0.25, -0.2) is 0 Å². The van der Waals surface area contributed by atoms with E-state index in [9.17, 15) is 4.79 Å². The van der Waals surface area contributed by atoms with Gasteiger partial charge in [-0.05, 0) is 11.8 Å². The average molecular weight is 284 g/mol. The van der Waals surface area contributed by atoms with Gasteiger partial charge in [-0.3, -0.25) is 9.69 Å². The fourth-order valence-corrected chi connectivity index (χ4v) is 3.00. The maximum atomic E-state index is 11.9. The zero-order valence-electron chi connectivity index (χ0n) is 13.7. The Morgan fingerprint density at radius 3 is 2.30 bits per heavy atom. The minimum absolute atomic E-state index is 0.184. The second kappa shape index (κ2) is 9.35. The predicted octanol–water partition coefficient (Wildman–Crippen LogP) is 2.29. The van der Waals surface area contributed by atoms with Crippen LogP contribution in [0.1, 0.15) is 47.0 Å². The van der Waals surface area contributed by atoms with Crippen LogP contribution in [-0.2, 0) is 9.53 Å². The second-order valence-corrected chi connectivity index (χ2v) is 6.19. The zero-order valence-corrected chi connectivity index (χ0v) is 13.7. The van der Waals surface area contributed by atoms with Crippen molar-refractivity contribution in [2.24, 2.45) is 11.8 Å². The smallest absolute Gasteiger partial charge is 0.220 e. The molecule has 0 aliphatic carbocycles. The van der Waals surface area contributed by atoms with E-state index in [1.54, 1.807) is 0 Å². The Labute approximate surface area is 124 Å². The van der Waals surface area contributed by atoms with E-state index in [4.69, 9.17) is 4.74 Å². The van der Waals surface area contributed by atoms with Crippen LogP contribution in [0.15, 0.2) is 0 Å². The number of ether oxygens (including phenoxy) is 1. The summed E-state index contributed by atoms with van der Waals surface area (Å²) in [6.45, 7) is 13.0. The number of hydrogen-bond donors (Lipinski definition) is 1. The monoisotopic (exact) mass is 284 g/mol. The van der Waals surface area contributed by atoms with Gasteiger partial charge in [0.2, 0.25) is 5.91 Å². The van der Waals surface area contributed by atoms with Gasteiger partial charge >= 0.3 is 0 Å². The predicted molar refractivity (Wildman–Crippen MR) is 82.7 cm³/mol. The lowest BCUT2D eigenvalue weighted by molar-refractivity contribution is -0.122. The van der Waals surface area contributed by atoms with Crippen molar-refractivity contribution in [2.75, 3.05) is 32.8 Å². The molecule has 1 unspecified atom stereocenters. The lowest BCUT2D eigenvalue weighted by Crippen LogP contribution is -2.52. The summed E-state index contributed by atoms with van der Waals surface area (Å²) < 4.78 is 5.45. The maximum absolute atomic E-state index is 11.9. The fraction of sp³-hybridized carbons (Fsp3) is 0.938. The largest absolute Gasteiger partial charge is 0.379 e. The van der Waals surface area contributed by atoms with E-state index in [1.807, 2.05) is 0 Å². The molecule has 0 spiro atoms. The number of morpholine rings is 1. The van der Waals surface area contributed by atoms with Crippen LogP contribution in [0.25, 0.3) is 0 Å². The summed E-state index contributed by atoms with van der Waals surface area (Å²) in [4.78, 5) is 14.4. The summed E-state index contributed by atoms with van der Waals surface area (Å²) in [7, 11) is 0.